The van der Waals surface area contributed by atoms with E-state index in [9.17, 15) is 4.79 Å². The van der Waals surface area contributed by atoms with Gasteiger partial charge in [-0.2, -0.15) is 0 Å². The van der Waals surface area contributed by atoms with Crippen molar-refractivity contribution in [3.05, 3.63) is 11.6 Å². The fourth-order valence-corrected chi connectivity index (χ4v) is 1.37. The Morgan fingerprint density at radius 2 is 2.20 bits per heavy atom. The fraction of sp³-hybridized carbons (Fsp3) is 0.625. The molecular weight excluding hydrogens is 143 g/mol. The molecule has 0 radical (unpaired) electrons. The van der Waals surface area contributed by atoms with Gasteiger partial charge in [0.05, 0.1) is 0 Å². The van der Waals surface area contributed by atoms with Crippen molar-refractivity contribution in [2.75, 3.05) is 12.8 Å². The highest BCUT2D eigenvalue weighted by atomic mass is 31.1. The van der Waals surface area contributed by atoms with Crippen LogP contribution in [0.1, 0.15) is 20.3 Å². The van der Waals surface area contributed by atoms with E-state index in [1.165, 1.54) is 5.57 Å². The topological polar surface area (TPSA) is 17.1 Å². The standard InChI is InChI=1S/C8H15OP/c1-4-8(9)5-7(2)6-10-3/h5,10H,4,6H2,1-3H3. The van der Waals surface area contributed by atoms with Crippen molar-refractivity contribution >= 4 is 14.4 Å². The molecule has 10 heavy (non-hydrogen) atoms. The average Bonchev–Trinajstić information content (AvgIpc) is 1.88. The molecule has 1 nitrogen and oxygen atoms in total. The molecule has 0 N–H and O–H groups in total. The van der Waals surface area contributed by atoms with Crippen LogP contribution in [0.25, 0.3) is 0 Å². The van der Waals surface area contributed by atoms with Crippen LogP contribution in [0.5, 0.6) is 0 Å². The smallest absolute Gasteiger partial charge is 0.155 e. The van der Waals surface area contributed by atoms with Crippen molar-refractivity contribution in [1.82, 2.24) is 0 Å². The molecule has 0 aromatic carbocycles. The van der Waals surface area contributed by atoms with Gasteiger partial charge >= 0.3 is 0 Å². The molecule has 0 aromatic rings. The normalized spacial score (nSPS) is 12.9. The summed E-state index contributed by atoms with van der Waals surface area (Å²) >= 11 is 0. The van der Waals surface area contributed by atoms with Crippen molar-refractivity contribution in [3.63, 3.8) is 0 Å². The maximum atomic E-state index is 10.8. The van der Waals surface area contributed by atoms with E-state index in [1.54, 1.807) is 6.08 Å². The summed E-state index contributed by atoms with van der Waals surface area (Å²) in [7, 11) is 0.919. The van der Waals surface area contributed by atoms with Crippen LogP contribution in [-0.2, 0) is 4.79 Å². The predicted octanol–water partition coefficient (Wildman–Crippen LogP) is 2.22. The Labute approximate surface area is 64.7 Å². The Morgan fingerprint density at radius 3 is 2.60 bits per heavy atom. The zero-order valence-electron chi connectivity index (χ0n) is 6.90. The van der Waals surface area contributed by atoms with Crippen molar-refractivity contribution < 1.29 is 4.79 Å². The largest absolute Gasteiger partial charge is 0.295 e. The minimum atomic E-state index is 0.246. The quantitative estimate of drug-likeness (QED) is 0.453. The van der Waals surface area contributed by atoms with Crippen LogP contribution in [0.3, 0.4) is 0 Å². The zero-order chi connectivity index (χ0) is 7.98. The molecule has 2 heteroatoms. The summed E-state index contributed by atoms with van der Waals surface area (Å²) in [6, 6.07) is 0. The zero-order valence-corrected chi connectivity index (χ0v) is 7.90. The van der Waals surface area contributed by atoms with Crippen molar-refractivity contribution in [3.8, 4) is 0 Å². The summed E-state index contributed by atoms with van der Waals surface area (Å²) in [6.45, 7) is 6.05. The molecule has 0 aliphatic carbocycles. The van der Waals surface area contributed by atoms with Gasteiger partial charge < -0.3 is 0 Å². The summed E-state index contributed by atoms with van der Waals surface area (Å²) in [5.41, 5.74) is 1.22. The van der Waals surface area contributed by atoms with Crippen LogP contribution in [0.15, 0.2) is 11.6 Å². The lowest BCUT2D eigenvalue weighted by Crippen LogP contribution is -1.91. The third kappa shape index (κ3) is 4.69. The maximum absolute atomic E-state index is 10.8. The Balaban J connectivity index is 3.77. The van der Waals surface area contributed by atoms with Crippen molar-refractivity contribution in [2.24, 2.45) is 0 Å². The first-order valence-electron chi connectivity index (χ1n) is 3.55. The highest BCUT2D eigenvalue weighted by molar-refractivity contribution is 7.37. The van der Waals surface area contributed by atoms with Gasteiger partial charge in [0.25, 0.3) is 0 Å². The molecule has 0 bridgehead atoms. The van der Waals surface area contributed by atoms with Gasteiger partial charge in [-0.3, -0.25) is 4.79 Å². The molecule has 0 rings (SSSR count). The first-order chi connectivity index (χ1) is 4.70. The summed E-state index contributed by atoms with van der Waals surface area (Å²) in [6.07, 6.45) is 3.46. The minimum Gasteiger partial charge on any atom is -0.295 e. The van der Waals surface area contributed by atoms with Crippen LogP contribution >= 0.6 is 8.58 Å². The second kappa shape index (κ2) is 5.61. The number of hydrogen-bond acceptors (Lipinski definition) is 1. The predicted molar refractivity (Wildman–Crippen MR) is 48.2 cm³/mol. The maximum Gasteiger partial charge on any atom is 0.155 e. The van der Waals surface area contributed by atoms with Crippen LogP contribution in [0.2, 0.25) is 0 Å². The molecule has 0 spiro atoms. The molecule has 0 aliphatic heterocycles. The van der Waals surface area contributed by atoms with E-state index >= 15 is 0 Å². The lowest BCUT2D eigenvalue weighted by Gasteiger charge is -1.94. The molecular formula is C8H15OP. The monoisotopic (exact) mass is 158 g/mol. The number of rotatable bonds is 4. The second-order valence-electron chi connectivity index (χ2n) is 2.34. The van der Waals surface area contributed by atoms with E-state index in [0.717, 1.165) is 14.7 Å². The Hall–Kier alpha value is -0.160. The van der Waals surface area contributed by atoms with Gasteiger partial charge in [0.1, 0.15) is 0 Å². The van der Waals surface area contributed by atoms with E-state index in [1.807, 2.05) is 13.8 Å². The Morgan fingerprint density at radius 1 is 1.60 bits per heavy atom. The highest BCUT2D eigenvalue weighted by Crippen LogP contribution is 2.08. The van der Waals surface area contributed by atoms with E-state index in [-0.39, 0.29) is 5.78 Å². The number of hydrogen-bond donors (Lipinski definition) is 0. The molecule has 0 amide bonds. The van der Waals surface area contributed by atoms with Crippen LogP contribution in [-0.4, -0.2) is 18.6 Å². The van der Waals surface area contributed by atoms with Crippen LogP contribution < -0.4 is 0 Å². The summed E-state index contributed by atoms with van der Waals surface area (Å²) in [4.78, 5) is 10.8. The molecule has 1 unspecified atom stereocenters. The SMILES string of the molecule is CCC(=O)C=C(C)CPC. The molecule has 0 saturated heterocycles. The minimum absolute atomic E-state index is 0.246. The molecule has 0 aromatic heterocycles. The van der Waals surface area contributed by atoms with E-state index in [2.05, 4.69) is 6.66 Å². The van der Waals surface area contributed by atoms with Gasteiger partial charge in [-0.25, -0.2) is 0 Å². The number of carbonyl (C=O) groups is 1. The Kier molecular flexibility index (Phi) is 5.52. The van der Waals surface area contributed by atoms with Crippen molar-refractivity contribution in [1.29, 1.82) is 0 Å². The average molecular weight is 158 g/mol. The van der Waals surface area contributed by atoms with Gasteiger partial charge in [0, 0.05) is 6.42 Å². The lowest BCUT2D eigenvalue weighted by molar-refractivity contribution is -0.114. The van der Waals surface area contributed by atoms with Gasteiger partial charge in [-0.1, -0.05) is 12.5 Å². The van der Waals surface area contributed by atoms with Gasteiger partial charge in [-0.05, 0) is 25.8 Å². The summed E-state index contributed by atoms with van der Waals surface area (Å²) in [5, 5.41) is 0. The van der Waals surface area contributed by atoms with Crippen LogP contribution in [0.4, 0.5) is 0 Å². The molecule has 1 atom stereocenters. The number of allylic oxidation sites excluding steroid dienone is 2. The van der Waals surface area contributed by atoms with Gasteiger partial charge in [0.2, 0.25) is 0 Å². The number of ketones is 1. The highest BCUT2D eigenvalue weighted by Gasteiger charge is 1.92. The lowest BCUT2D eigenvalue weighted by atomic mass is 10.2. The van der Waals surface area contributed by atoms with Gasteiger partial charge in [-0.15, -0.1) is 8.58 Å². The summed E-state index contributed by atoms with van der Waals surface area (Å²) in [5.74, 6) is 0.246. The molecule has 58 valence electrons. The molecule has 0 heterocycles. The second-order valence-corrected chi connectivity index (χ2v) is 3.40. The van der Waals surface area contributed by atoms with Crippen molar-refractivity contribution in [2.45, 2.75) is 20.3 Å². The third-order valence-corrected chi connectivity index (χ3v) is 2.12. The van der Waals surface area contributed by atoms with E-state index in [4.69, 9.17) is 0 Å². The van der Waals surface area contributed by atoms with Gasteiger partial charge in [0.15, 0.2) is 5.78 Å². The molecule has 0 saturated carbocycles. The first kappa shape index (κ1) is 9.84. The molecule has 0 aliphatic rings. The Bertz CT molecular complexity index is 138. The van der Waals surface area contributed by atoms with E-state index in [0.29, 0.717) is 6.42 Å². The molecule has 0 fully saturated rings. The summed E-state index contributed by atoms with van der Waals surface area (Å²) < 4.78 is 0. The first-order valence-corrected chi connectivity index (χ1v) is 5.26. The fourth-order valence-electron chi connectivity index (χ4n) is 0.707. The number of carbonyl (C=O) groups excluding carboxylic acids is 1. The van der Waals surface area contributed by atoms with E-state index < -0.39 is 0 Å². The third-order valence-electron chi connectivity index (χ3n) is 1.21. The van der Waals surface area contributed by atoms with Crippen LogP contribution in [0, 0.1) is 0 Å².